The summed E-state index contributed by atoms with van der Waals surface area (Å²) < 4.78 is 0.850. The molecule has 0 radical (unpaired) electrons. The molecule has 1 aromatic heterocycles. The van der Waals surface area contributed by atoms with Crippen molar-refractivity contribution in [2.75, 3.05) is 13.6 Å². The highest BCUT2D eigenvalue weighted by Crippen LogP contribution is 2.35. The van der Waals surface area contributed by atoms with Crippen molar-refractivity contribution in [1.29, 1.82) is 0 Å². The van der Waals surface area contributed by atoms with Gasteiger partial charge in [0.15, 0.2) is 0 Å². The van der Waals surface area contributed by atoms with Gasteiger partial charge in [0.05, 0.1) is 10.4 Å². The van der Waals surface area contributed by atoms with E-state index >= 15 is 0 Å². The molecular weight excluding hydrogens is 216 g/mol. The van der Waals surface area contributed by atoms with Gasteiger partial charge in [-0.3, -0.25) is 4.90 Å². The highest BCUT2D eigenvalue weighted by atomic mass is 35.5. The average Bonchev–Trinajstić information content (AvgIpc) is 2.92. The first-order valence-corrected chi connectivity index (χ1v) is 6.09. The fraction of sp³-hybridized carbons (Fsp3) is 0.600. The zero-order valence-corrected chi connectivity index (χ0v) is 9.81. The molecule has 1 aliphatic carbocycles. The molecule has 1 unspecified atom stereocenters. The molecule has 0 amide bonds. The lowest BCUT2D eigenvalue weighted by Gasteiger charge is -2.25. The van der Waals surface area contributed by atoms with Crippen LogP contribution in [0.5, 0.6) is 0 Å². The standard InChI is InChI=1S/C10H15ClN2S/c1-13(7-2-3-7)8(6-12)9-4-5-10(11)14-9/h4-5,7-8H,2-3,6,12H2,1H3. The SMILES string of the molecule is CN(C1CC1)C(CN)c1ccc(Cl)s1. The van der Waals surface area contributed by atoms with E-state index in [1.54, 1.807) is 11.3 Å². The van der Waals surface area contributed by atoms with Crippen LogP contribution in [0.2, 0.25) is 4.34 Å². The van der Waals surface area contributed by atoms with Crippen LogP contribution in [0, 0.1) is 0 Å². The smallest absolute Gasteiger partial charge is 0.0931 e. The van der Waals surface area contributed by atoms with Gasteiger partial charge in [0.2, 0.25) is 0 Å². The molecule has 1 aliphatic rings. The summed E-state index contributed by atoms with van der Waals surface area (Å²) in [7, 11) is 2.16. The highest BCUT2D eigenvalue weighted by Gasteiger charge is 2.31. The molecule has 1 fully saturated rings. The van der Waals surface area contributed by atoms with E-state index in [-0.39, 0.29) is 0 Å². The van der Waals surface area contributed by atoms with Crippen molar-refractivity contribution >= 4 is 22.9 Å². The van der Waals surface area contributed by atoms with Gasteiger partial charge in [-0.1, -0.05) is 11.6 Å². The van der Waals surface area contributed by atoms with Crippen molar-refractivity contribution in [3.8, 4) is 0 Å². The number of likely N-dealkylation sites (N-methyl/N-ethyl adjacent to an activating group) is 1. The molecule has 0 aliphatic heterocycles. The van der Waals surface area contributed by atoms with Crippen LogP contribution in [-0.2, 0) is 0 Å². The van der Waals surface area contributed by atoms with Crippen LogP contribution in [-0.4, -0.2) is 24.5 Å². The van der Waals surface area contributed by atoms with Gasteiger partial charge in [0.1, 0.15) is 0 Å². The molecule has 1 atom stereocenters. The molecule has 78 valence electrons. The number of thiophene rings is 1. The van der Waals surface area contributed by atoms with Gasteiger partial charge in [0, 0.05) is 17.5 Å². The summed E-state index contributed by atoms with van der Waals surface area (Å²) in [5.41, 5.74) is 5.80. The van der Waals surface area contributed by atoms with E-state index in [2.05, 4.69) is 18.0 Å². The molecule has 0 saturated heterocycles. The number of hydrogen-bond donors (Lipinski definition) is 1. The summed E-state index contributed by atoms with van der Waals surface area (Å²) in [6.07, 6.45) is 2.62. The predicted molar refractivity (Wildman–Crippen MR) is 61.9 cm³/mol. The molecule has 2 rings (SSSR count). The number of rotatable bonds is 4. The molecule has 1 heterocycles. The van der Waals surface area contributed by atoms with Crippen molar-refractivity contribution in [3.63, 3.8) is 0 Å². The minimum atomic E-state index is 0.347. The van der Waals surface area contributed by atoms with Crippen molar-refractivity contribution in [1.82, 2.24) is 4.90 Å². The van der Waals surface area contributed by atoms with E-state index in [0.717, 1.165) is 10.4 Å². The van der Waals surface area contributed by atoms with Crippen molar-refractivity contribution in [2.24, 2.45) is 5.73 Å². The van der Waals surface area contributed by atoms with Crippen LogP contribution < -0.4 is 5.73 Å². The van der Waals surface area contributed by atoms with Gasteiger partial charge in [-0.15, -0.1) is 11.3 Å². The van der Waals surface area contributed by atoms with E-state index in [9.17, 15) is 0 Å². The van der Waals surface area contributed by atoms with Crippen molar-refractivity contribution in [2.45, 2.75) is 24.9 Å². The zero-order chi connectivity index (χ0) is 10.1. The number of nitrogens with zero attached hydrogens (tertiary/aromatic N) is 1. The first kappa shape index (κ1) is 10.4. The summed E-state index contributed by atoms with van der Waals surface area (Å²) >= 11 is 7.56. The Morgan fingerprint density at radius 2 is 2.36 bits per heavy atom. The normalized spacial score (nSPS) is 18.9. The van der Waals surface area contributed by atoms with E-state index in [1.807, 2.05) is 6.07 Å². The molecule has 2 N–H and O–H groups in total. The van der Waals surface area contributed by atoms with Crippen molar-refractivity contribution in [3.05, 3.63) is 21.3 Å². The Hall–Kier alpha value is -0.0900. The Balaban J connectivity index is 2.11. The summed E-state index contributed by atoms with van der Waals surface area (Å²) in [5, 5.41) is 0. The minimum absolute atomic E-state index is 0.347. The number of hydrogen-bond acceptors (Lipinski definition) is 3. The lowest BCUT2D eigenvalue weighted by Crippen LogP contribution is -2.31. The third-order valence-corrected chi connectivity index (χ3v) is 4.09. The largest absolute Gasteiger partial charge is 0.329 e. The quantitative estimate of drug-likeness (QED) is 0.861. The Labute approximate surface area is 93.7 Å². The second-order valence-electron chi connectivity index (χ2n) is 3.79. The molecule has 1 aromatic rings. The molecule has 0 spiro atoms. The Morgan fingerprint density at radius 1 is 1.64 bits per heavy atom. The van der Waals surface area contributed by atoms with E-state index in [0.29, 0.717) is 12.6 Å². The van der Waals surface area contributed by atoms with Gasteiger partial charge < -0.3 is 5.73 Å². The second kappa shape index (κ2) is 4.19. The maximum absolute atomic E-state index is 5.92. The fourth-order valence-corrected chi connectivity index (χ4v) is 2.95. The maximum atomic E-state index is 5.92. The summed E-state index contributed by atoms with van der Waals surface area (Å²) in [6.45, 7) is 0.670. The van der Waals surface area contributed by atoms with Crippen molar-refractivity contribution < 1.29 is 0 Å². The van der Waals surface area contributed by atoms with Gasteiger partial charge in [-0.25, -0.2) is 0 Å². The van der Waals surface area contributed by atoms with Crippen LogP contribution >= 0.6 is 22.9 Å². The predicted octanol–water partition coefficient (Wildman–Crippen LogP) is 2.50. The number of nitrogens with two attached hydrogens (primary N) is 1. The zero-order valence-electron chi connectivity index (χ0n) is 8.24. The van der Waals surface area contributed by atoms with Crippen LogP contribution in [0.3, 0.4) is 0 Å². The monoisotopic (exact) mass is 230 g/mol. The van der Waals surface area contributed by atoms with Gasteiger partial charge in [-0.2, -0.15) is 0 Å². The Kier molecular flexibility index (Phi) is 3.12. The third kappa shape index (κ3) is 2.11. The fourth-order valence-electron chi connectivity index (χ4n) is 1.73. The van der Waals surface area contributed by atoms with Crippen LogP contribution in [0.15, 0.2) is 12.1 Å². The third-order valence-electron chi connectivity index (χ3n) is 2.76. The lowest BCUT2D eigenvalue weighted by molar-refractivity contribution is 0.243. The molecule has 0 bridgehead atoms. The Bertz CT molecular complexity index is 309. The maximum Gasteiger partial charge on any atom is 0.0931 e. The lowest BCUT2D eigenvalue weighted by atomic mass is 10.2. The molecule has 4 heteroatoms. The van der Waals surface area contributed by atoms with Gasteiger partial charge in [0.25, 0.3) is 0 Å². The van der Waals surface area contributed by atoms with Crippen LogP contribution in [0.25, 0.3) is 0 Å². The Morgan fingerprint density at radius 3 is 2.79 bits per heavy atom. The molecular formula is C10H15ClN2S. The van der Waals surface area contributed by atoms with E-state index in [1.165, 1.54) is 17.7 Å². The van der Waals surface area contributed by atoms with Gasteiger partial charge >= 0.3 is 0 Å². The topological polar surface area (TPSA) is 29.3 Å². The molecule has 0 aromatic carbocycles. The first-order valence-electron chi connectivity index (χ1n) is 4.89. The summed E-state index contributed by atoms with van der Waals surface area (Å²) in [4.78, 5) is 3.66. The molecule has 14 heavy (non-hydrogen) atoms. The highest BCUT2D eigenvalue weighted by molar-refractivity contribution is 7.16. The van der Waals surface area contributed by atoms with E-state index in [4.69, 9.17) is 17.3 Å². The second-order valence-corrected chi connectivity index (χ2v) is 5.54. The minimum Gasteiger partial charge on any atom is -0.329 e. The van der Waals surface area contributed by atoms with E-state index < -0.39 is 0 Å². The first-order chi connectivity index (χ1) is 6.72. The van der Waals surface area contributed by atoms with Gasteiger partial charge in [-0.05, 0) is 32.0 Å². The summed E-state index contributed by atoms with van der Waals surface area (Å²) in [5.74, 6) is 0. The summed E-state index contributed by atoms with van der Waals surface area (Å²) in [6, 6.07) is 5.12. The average molecular weight is 231 g/mol. The number of halogens is 1. The molecule has 1 saturated carbocycles. The van der Waals surface area contributed by atoms with Crippen LogP contribution in [0.4, 0.5) is 0 Å². The molecule has 2 nitrogen and oxygen atoms in total. The van der Waals surface area contributed by atoms with Crippen LogP contribution in [0.1, 0.15) is 23.8 Å².